The van der Waals surface area contributed by atoms with Crippen LogP contribution in [0.3, 0.4) is 0 Å². The molecule has 0 aliphatic carbocycles. The van der Waals surface area contributed by atoms with Crippen LogP contribution in [0.2, 0.25) is 0 Å². The van der Waals surface area contributed by atoms with Crippen molar-refractivity contribution in [2.75, 3.05) is 13.1 Å². The van der Waals surface area contributed by atoms with Gasteiger partial charge >= 0.3 is 0 Å². The lowest BCUT2D eigenvalue weighted by atomic mass is 10.3. The molecule has 82 valence electrons. The molecular weight excluding hydrogens is 180 g/mol. The quantitative estimate of drug-likeness (QED) is 0.723. The third-order valence-corrected chi connectivity index (χ3v) is 2.51. The third kappa shape index (κ3) is 2.69. The number of nitrogens with zero attached hydrogens (tertiary/aromatic N) is 2. The van der Waals surface area contributed by atoms with E-state index < -0.39 is 0 Å². The van der Waals surface area contributed by atoms with Crippen molar-refractivity contribution in [3.05, 3.63) is 0 Å². The molecule has 0 aromatic carbocycles. The lowest BCUT2D eigenvalue weighted by Gasteiger charge is -2.31. The van der Waals surface area contributed by atoms with Gasteiger partial charge in [-0.1, -0.05) is 0 Å². The molecule has 1 amide bonds. The van der Waals surface area contributed by atoms with E-state index in [1.165, 1.54) is 0 Å². The summed E-state index contributed by atoms with van der Waals surface area (Å²) in [7, 11) is 0. The summed E-state index contributed by atoms with van der Waals surface area (Å²) in [6, 6.07) is 0.357. The summed E-state index contributed by atoms with van der Waals surface area (Å²) in [6.07, 6.45) is 0.921. The van der Waals surface area contributed by atoms with Gasteiger partial charge in [0.2, 0.25) is 5.91 Å². The van der Waals surface area contributed by atoms with E-state index >= 15 is 0 Å². The fourth-order valence-electron chi connectivity index (χ4n) is 1.70. The highest BCUT2D eigenvalue weighted by Gasteiger charge is 2.30. The van der Waals surface area contributed by atoms with Crippen molar-refractivity contribution < 1.29 is 9.90 Å². The van der Waals surface area contributed by atoms with Gasteiger partial charge in [0.1, 0.15) is 0 Å². The third-order valence-electron chi connectivity index (χ3n) is 2.51. The average Bonchev–Trinajstić information content (AvgIpc) is 2.43. The van der Waals surface area contributed by atoms with Crippen molar-refractivity contribution in [2.45, 2.75) is 45.8 Å². The first-order valence-corrected chi connectivity index (χ1v) is 5.27. The number of aliphatic hydroxyl groups is 1. The van der Waals surface area contributed by atoms with Gasteiger partial charge in [0, 0.05) is 25.6 Å². The summed E-state index contributed by atoms with van der Waals surface area (Å²) in [5.41, 5.74) is 0. The van der Waals surface area contributed by atoms with Crippen LogP contribution < -0.4 is 0 Å². The summed E-state index contributed by atoms with van der Waals surface area (Å²) < 4.78 is 0. The van der Waals surface area contributed by atoms with Crippen molar-refractivity contribution >= 4 is 5.91 Å². The van der Waals surface area contributed by atoms with Crippen LogP contribution in [0.4, 0.5) is 0 Å². The van der Waals surface area contributed by atoms with Gasteiger partial charge in [0.05, 0.1) is 6.10 Å². The van der Waals surface area contributed by atoms with E-state index in [0.29, 0.717) is 25.4 Å². The molecule has 1 heterocycles. The molecule has 4 heteroatoms. The molecular formula is C10H20N2O2. The lowest BCUT2D eigenvalue weighted by molar-refractivity contribution is -0.140. The van der Waals surface area contributed by atoms with Crippen LogP contribution in [0.1, 0.15) is 33.6 Å². The molecule has 14 heavy (non-hydrogen) atoms. The van der Waals surface area contributed by atoms with E-state index in [9.17, 15) is 4.79 Å². The van der Waals surface area contributed by atoms with E-state index in [1.807, 2.05) is 0 Å². The zero-order chi connectivity index (χ0) is 10.7. The molecule has 1 unspecified atom stereocenters. The van der Waals surface area contributed by atoms with Crippen molar-refractivity contribution in [3.63, 3.8) is 0 Å². The Morgan fingerprint density at radius 1 is 1.43 bits per heavy atom. The standard InChI is InChI=1S/C10H20N2O2/c1-8(2)11-7-5-10(14)12(11)6-4-9(3)13/h8-9,13H,4-7H2,1-3H3. The monoisotopic (exact) mass is 200 g/mol. The summed E-state index contributed by atoms with van der Waals surface area (Å²) in [4.78, 5) is 11.5. The number of aliphatic hydroxyl groups excluding tert-OH is 1. The smallest absolute Gasteiger partial charge is 0.238 e. The number of hydrazine groups is 1. The van der Waals surface area contributed by atoms with Gasteiger partial charge in [-0.3, -0.25) is 9.80 Å². The number of hydrogen-bond donors (Lipinski definition) is 1. The van der Waals surface area contributed by atoms with E-state index in [4.69, 9.17) is 5.11 Å². The topological polar surface area (TPSA) is 43.8 Å². The second-order valence-electron chi connectivity index (χ2n) is 4.16. The lowest BCUT2D eigenvalue weighted by Crippen LogP contribution is -2.44. The second-order valence-corrected chi connectivity index (χ2v) is 4.16. The molecule has 0 aromatic rings. The van der Waals surface area contributed by atoms with Crippen molar-refractivity contribution in [3.8, 4) is 0 Å². The first-order valence-electron chi connectivity index (χ1n) is 5.27. The van der Waals surface area contributed by atoms with Gasteiger partial charge in [-0.05, 0) is 27.2 Å². The predicted octanol–water partition coefficient (Wildman–Crippen LogP) is 0.615. The molecule has 1 atom stereocenters. The molecule has 1 N–H and O–H groups in total. The number of hydrogen-bond acceptors (Lipinski definition) is 3. The fourth-order valence-corrected chi connectivity index (χ4v) is 1.70. The Morgan fingerprint density at radius 3 is 2.57 bits per heavy atom. The fraction of sp³-hybridized carbons (Fsp3) is 0.900. The van der Waals surface area contributed by atoms with Crippen LogP contribution in [0.15, 0.2) is 0 Å². The maximum absolute atomic E-state index is 11.5. The Kier molecular flexibility index (Phi) is 3.89. The Balaban J connectivity index is 2.49. The Labute approximate surface area is 85.5 Å². The summed E-state index contributed by atoms with van der Waals surface area (Å²) in [6.45, 7) is 7.35. The van der Waals surface area contributed by atoms with Crippen molar-refractivity contribution in [1.82, 2.24) is 10.0 Å². The summed E-state index contributed by atoms with van der Waals surface area (Å²) in [5, 5.41) is 13.0. The average molecular weight is 200 g/mol. The van der Waals surface area contributed by atoms with Gasteiger partial charge in [0.25, 0.3) is 0 Å². The molecule has 0 saturated carbocycles. The minimum Gasteiger partial charge on any atom is -0.393 e. The Hall–Kier alpha value is -0.610. The highest BCUT2D eigenvalue weighted by Crippen LogP contribution is 2.16. The molecule has 4 nitrogen and oxygen atoms in total. The van der Waals surface area contributed by atoms with Gasteiger partial charge in [0.15, 0.2) is 0 Å². The largest absolute Gasteiger partial charge is 0.393 e. The first kappa shape index (κ1) is 11.5. The predicted molar refractivity (Wildman–Crippen MR) is 54.5 cm³/mol. The Bertz CT molecular complexity index is 204. The van der Waals surface area contributed by atoms with Crippen LogP contribution >= 0.6 is 0 Å². The molecule has 1 aliphatic heterocycles. The van der Waals surface area contributed by atoms with Gasteiger partial charge < -0.3 is 5.11 Å². The normalized spacial score (nSPS) is 20.9. The summed E-state index contributed by atoms with van der Waals surface area (Å²) >= 11 is 0. The van der Waals surface area contributed by atoms with E-state index in [0.717, 1.165) is 6.54 Å². The van der Waals surface area contributed by atoms with Crippen LogP contribution in [-0.4, -0.2) is 46.3 Å². The zero-order valence-electron chi connectivity index (χ0n) is 9.23. The van der Waals surface area contributed by atoms with Gasteiger partial charge in [-0.15, -0.1) is 0 Å². The molecule has 0 bridgehead atoms. The molecule has 0 radical (unpaired) electrons. The highest BCUT2D eigenvalue weighted by molar-refractivity contribution is 5.77. The second kappa shape index (κ2) is 4.75. The highest BCUT2D eigenvalue weighted by atomic mass is 16.3. The van der Waals surface area contributed by atoms with Crippen LogP contribution in [-0.2, 0) is 4.79 Å². The molecule has 1 rings (SSSR count). The maximum atomic E-state index is 11.5. The number of amides is 1. The van der Waals surface area contributed by atoms with Crippen LogP contribution in [0.5, 0.6) is 0 Å². The Morgan fingerprint density at radius 2 is 2.07 bits per heavy atom. The number of rotatable bonds is 4. The minimum atomic E-state index is -0.336. The minimum absolute atomic E-state index is 0.180. The molecule has 1 saturated heterocycles. The number of carbonyl (C=O) groups is 1. The van der Waals surface area contributed by atoms with Crippen LogP contribution in [0.25, 0.3) is 0 Å². The SMILES string of the molecule is CC(O)CCN1C(=O)CCN1C(C)C. The zero-order valence-corrected chi connectivity index (χ0v) is 9.23. The van der Waals surface area contributed by atoms with Gasteiger partial charge in [-0.25, -0.2) is 5.01 Å². The molecule has 0 spiro atoms. The summed E-state index contributed by atoms with van der Waals surface area (Å²) in [5.74, 6) is 0.180. The molecule has 1 fully saturated rings. The maximum Gasteiger partial charge on any atom is 0.238 e. The van der Waals surface area contributed by atoms with Crippen molar-refractivity contribution in [1.29, 1.82) is 0 Å². The molecule has 0 aromatic heterocycles. The van der Waals surface area contributed by atoms with Gasteiger partial charge in [-0.2, -0.15) is 0 Å². The van der Waals surface area contributed by atoms with E-state index in [-0.39, 0.29) is 12.0 Å². The molecule has 1 aliphatic rings. The van der Waals surface area contributed by atoms with E-state index in [1.54, 1.807) is 11.9 Å². The van der Waals surface area contributed by atoms with Crippen LogP contribution in [0, 0.1) is 0 Å². The van der Waals surface area contributed by atoms with Crippen molar-refractivity contribution in [2.24, 2.45) is 0 Å². The number of carbonyl (C=O) groups excluding carboxylic acids is 1. The first-order chi connectivity index (χ1) is 6.52. The van der Waals surface area contributed by atoms with E-state index in [2.05, 4.69) is 18.9 Å².